The first kappa shape index (κ1) is 25.7. The number of aliphatic hydroxyl groups is 1. The normalized spacial score (nSPS) is 18.7. The summed E-state index contributed by atoms with van der Waals surface area (Å²) in [5, 5.41) is 9.90. The van der Waals surface area contributed by atoms with Gasteiger partial charge in [-0.15, -0.1) is 0 Å². The number of likely N-dealkylation sites (N-methyl/N-ethyl adjacent to an activating group) is 1. The fourth-order valence-corrected chi connectivity index (χ4v) is 4.53. The molecule has 3 atom stereocenters. The summed E-state index contributed by atoms with van der Waals surface area (Å²) >= 11 is 0. The number of rotatable bonds is 8. The number of benzene rings is 2. The highest BCUT2D eigenvalue weighted by atomic mass is 16.5. The molecular formula is C29H35N3O4. The van der Waals surface area contributed by atoms with Crippen molar-refractivity contribution in [2.45, 2.75) is 32.5 Å². The number of ether oxygens (including phenoxy) is 2. The Kier molecular flexibility index (Phi) is 8.23. The number of methoxy groups -OCH3 is 1. The summed E-state index contributed by atoms with van der Waals surface area (Å²) < 4.78 is 11.7. The van der Waals surface area contributed by atoms with E-state index in [-0.39, 0.29) is 30.6 Å². The smallest absolute Gasteiger partial charge is 0.259 e. The number of carbonyl (C=O) groups excluding carboxylic acids is 1. The molecule has 0 aliphatic carbocycles. The van der Waals surface area contributed by atoms with E-state index in [0.29, 0.717) is 24.5 Å². The van der Waals surface area contributed by atoms with Crippen LogP contribution in [0, 0.1) is 5.92 Å². The number of hydrogen-bond acceptors (Lipinski definition) is 6. The summed E-state index contributed by atoms with van der Waals surface area (Å²) in [6, 6.07) is 19.5. The second-order valence-corrected chi connectivity index (χ2v) is 9.61. The first-order chi connectivity index (χ1) is 17.4. The Morgan fingerprint density at radius 1 is 1.17 bits per heavy atom. The number of nitrogens with zero attached hydrogens (tertiary/aromatic N) is 3. The number of pyridine rings is 1. The highest BCUT2D eigenvalue weighted by Gasteiger charge is 2.34. The van der Waals surface area contributed by atoms with E-state index in [2.05, 4.69) is 36.0 Å². The maximum absolute atomic E-state index is 13.7. The molecule has 0 fully saturated rings. The van der Waals surface area contributed by atoms with E-state index >= 15 is 0 Å². The van der Waals surface area contributed by atoms with Gasteiger partial charge in [0.25, 0.3) is 5.91 Å². The topological polar surface area (TPSA) is 75.1 Å². The van der Waals surface area contributed by atoms with Crippen molar-refractivity contribution in [3.63, 3.8) is 0 Å². The van der Waals surface area contributed by atoms with Crippen molar-refractivity contribution in [2.75, 3.05) is 33.9 Å². The van der Waals surface area contributed by atoms with Gasteiger partial charge in [-0.2, -0.15) is 0 Å². The third-order valence-electron chi connectivity index (χ3n) is 6.73. The van der Waals surface area contributed by atoms with E-state index in [1.54, 1.807) is 18.2 Å². The Bertz CT molecular complexity index is 1150. The predicted molar refractivity (Wildman–Crippen MR) is 140 cm³/mol. The highest BCUT2D eigenvalue weighted by Crippen LogP contribution is 2.31. The Labute approximate surface area is 213 Å². The third kappa shape index (κ3) is 5.86. The number of fused-ring (bicyclic) bond motifs is 1. The largest absolute Gasteiger partial charge is 0.497 e. The Morgan fingerprint density at radius 3 is 2.56 bits per heavy atom. The molecule has 1 aliphatic heterocycles. The van der Waals surface area contributed by atoms with Crippen molar-refractivity contribution in [3.05, 3.63) is 78.0 Å². The van der Waals surface area contributed by atoms with Crippen LogP contribution in [0.3, 0.4) is 0 Å². The van der Waals surface area contributed by atoms with Crippen molar-refractivity contribution in [1.29, 1.82) is 0 Å². The van der Waals surface area contributed by atoms with Gasteiger partial charge in [0.1, 0.15) is 17.4 Å². The van der Waals surface area contributed by atoms with Crippen LogP contribution in [-0.4, -0.2) is 71.8 Å². The lowest BCUT2D eigenvalue weighted by atomic mass is 9.99. The van der Waals surface area contributed by atoms with Crippen LogP contribution in [0.4, 0.5) is 0 Å². The predicted octanol–water partition coefficient (Wildman–Crippen LogP) is 4.11. The summed E-state index contributed by atoms with van der Waals surface area (Å²) in [5.41, 5.74) is 3.38. The van der Waals surface area contributed by atoms with Crippen molar-refractivity contribution in [2.24, 2.45) is 5.92 Å². The molecule has 0 bridgehead atoms. The standard InChI is InChI=1S/C29H35N3O4/c1-20-16-32(21(2)19-33)29(34)26-14-24(23-10-12-25(35-4)13-11-23)15-30-28(26)36-27(20)18-31(3)17-22-8-6-5-7-9-22/h5-15,20-21,27,33H,16-19H2,1-4H3/t20-,21+,27-/m1/s1. The Morgan fingerprint density at radius 2 is 1.89 bits per heavy atom. The molecule has 2 heterocycles. The van der Waals surface area contributed by atoms with E-state index in [1.165, 1.54) is 5.56 Å². The molecule has 0 saturated heterocycles. The fraction of sp³-hybridized carbons (Fsp3) is 0.379. The highest BCUT2D eigenvalue weighted by molar-refractivity contribution is 5.98. The van der Waals surface area contributed by atoms with Crippen molar-refractivity contribution < 1.29 is 19.4 Å². The lowest BCUT2D eigenvalue weighted by molar-refractivity contribution is 0.0325. The maximum Gasteiger partial charge on any atom is 0.259 e. The number of aliphatic hydroxyl groups excluding tert-OH is 1. The number of carbonyl (C=O) groups is 1. The molecule has 0 unspecified atom stereocenters. The lowest BCUT2D eigenvalue weighted by Crippen LogP contribution is -2.49. The van der Waals surface area contributed by atoms with Gasteiger partial charge in [-0.3, -0.25) is 9.69 Å². The summed E-state index contributed by atoms with van der Waals surface area (Å²) in [6.45, 7) is 5.79. The van der Waals surface area contributed by atoms with E-state index < -0.39 is 0 Å². The van der Waals surface area contributed by atoms with E-state index in [9.17, 15) is 9.90 Å². The van der Waals surface area contributed by atoms with Crippen molar-refractivity contribution in [1.82, 2.24) is 14.8 Å². The van der Waals surface area contributed by atoms with Gasteiger partial charge in [0.05, 0.1) is 19.8 Å². The minimum Gasteiger partial charge on any atom is -0.497 e. The Balaban J connectivity index is 1.65. The van der Waals surface area contributed by atoms with Gasteiger partial charge in [-0.25, -0.2) is 4.98 Å². The van der Waals surface area contributed by atoms with Crippen LogP contribution < -0.4 is 9.47 Å². The van der Waals surface area contributed by atoms with Crippen LogP contribution in [0.15, 0.2) is 66.9 Å². The van der Waals surface area contributed by atoms with Crippen LogP contribution in [0.2, 0.25) is 0 Å². The zero-order chi connectivity index (χ0) is 25.7. The van der Waals surface area contributed by atoms with Crippen LogP contribution >= 0.6 is 0 Å². The average Bonchev–Trinajstić information content (AvgIpc) is 2.90. The van der Waals surface area contributed by atoms with Gasteiger partial charge < -0.3 is 19.5 Å². The summed E-state index contributed by atoms with van der Waals surface area (Å²) in [7, 11) is 3.70. The van der Waals surface area contributed by atoms with Crippen LogP contribution in [0.1, 0.15) is 29.8 Å². The SMILES string of the molecule is COc1ccc(-c2cnc3c(c2)C(=O)N([C@@H](C)CO)C[C@@H](C)[C@@H](CN(C)Cc2ccccc2)O3)cc1. The van der Waals surface area contributed by atoms with Gasteiger partial charge in [0.2, 0.25) is 5.88 Å². The van der Waals surface area contributed by atoms with Gasteiger partial charge in [-0.1, -0.05) is 49.4 Å². The van der Waals surface area contributed by atoms with Crippen LogP contribution in [-0.2, 0) is 6.54 Å². The minimum absolute atomic E-state index is 0.0392. The maximum atomic E-state index is 13.7. The fourth-order valence-electron chi connectivity index (χ4n) is 4.53. The zero-order valence-corrected chi connectivity index (χ0v) is 21.4. The second-order valence-electron chi connectivity index (χ2n) is 9.61. The molecule has 2 aromatic carbocycles. The molecule has 3 aromatic rings. The van der Waals surface area contributed by atoms with Gasteiger partial charge >= 0.3 is 0 Å². The molecule has 7 heteroatoms. The molecule has 4 rings (SSSR count). The lowest BCUT2D eigenvalue weighted by Gasteiger charge is -2.37. The minimum atomic E-state index is -0.321. The molecule has 0 spiro atoms. The molecule has 7 nitrogen and oxygen atoms in total. The first-order valence-electron chi connectivity index (χ1n) is 12.3. The van der Waals surface area contributed by atoms with Crippen LogP contribution in [0.5, 0.6) is 11.6 Å². The van der Waals surface area contributed by atoms with Gasteiger partial charge in [0, 0.05) is 37.3 Å². The van der Waals surface area contributed by atoms with Crippen molar-refractivity contribution >= 4 is 5.91 Å². The Hall–Kier alpha value is -3.42. The van der Waals surface area contributed by atoms with Gasteiger partial charge in [-0.05, 0) is 43.3 Å². The third-order valence-corrected chi connectivity index (χ3v) is 6.73. The summed E-state index contributed by atoms with van der Waals surface area (Å²) in [6.07, 6.45) is 1.56. The number of amides is 1. The number of hydrogen-bond donors (Lipinski definition) is 1. The first-order valence-corrected chi connectivity index (χ1v) is 12.3. The molecule has 1 aromatic heterocycles. The average molecular weight is 490 g/mol. The monoisotopic (exact) mass is 489 g/mol. The second kappa shape index (κ2) is 11.5. The molecule has 0 saturated carbocycles. The van der Waals surface area contributed by atoms with Crippen LogP contribution in [0.25, 0.3) is 11.1 Å². The molecule has 36 heavy (non-hydrogen) atoms. The molecule has 190 valence electrons. The molecular weight excluding hydrogens is 454 g/mol. The quantitative estimate of drug-likeness (QED) is 0.513. The van der Waals surface area contributed by atoms with Crippen molar-refractivity contribution in [3.8, 4) is 22.8 Å². The summed E-state index contributed by atoms with van der Waals surface area (Å²) in [4.78, 5) is 22.2. The van der Waals surface area contributed by atoms with E-state index in [0.717, 1.165) is 23.4 Å². The summed E-state index contributed by atoms with van der Waals surface area (Å²) in [5.74, 6) is 0.948. The zero-order valence-electron chi connectivity index (χ0n) is 21.4. The number of aromatic nitrogens is 1. The molecule has 1 amide bonds. The molecule has 1 N–H and O–H groups in total. The molecule has 1 aliphatic rings. The molecule has 0 radical (unpaired) electrons. The van der Waals surface area contributed by atoms with Gasteiger partial charge in [0.15, 0.2) is 0 Å². The van der Waals surface area contributed by atoms with E-state index in [4.69, 9.17) is 9.47 Å². The van der Waals surface area contributed by atoms with E-state index in [1.807, 2.05) is 55.5 Å².